The molecule has 0 spiro atoms. The highest BCUT2D eigenvalue weighted by Crippen LogP contribution is 2.36. The van der Waals surface area contributed by atoms with E-state index in [9.17, 15) is 18.0 Å². The van der Waals surface area contributed by atoms with Gasteiger partial charge >= 0.3 is 6.18 Å². The predicted molar refractivity (Wildman–Crippen MR) is 128 cm³/mol. The number of aromatic nitrogens is 2. The largest absolute Gasteiger partial charge is 0.419 e. The highest BCUT2D eigenvalue weighted by Gasteiger charge is 2.34. The second-order valence-corrected chi connectivity index (χ2v) is 8.81. The second-order valence-electron chi connectivity index (χ2n) is 8.81. The normalized spacial score (nSPS) is 17.0. The van der Waals surface area contributed by atoms with Crippen LogP contribution in [0.5, 0.6) is 0 Å². The molecule has 1 amide bonds. The lowest BCUT2D eigenvalue weighted by molar-refractivity contribution is -0.137. The number of carbonyl (C=O) groups excluding carboxylic acids is 1. The summed E-state index contributed by atoms with van der Waals surface area (Å²) in [7, 11) is 0. The molecule has 2 N–H and O–H groups in total. The minimum atomic E-state index is -4.53. The molecule has 190 valence electrons. The van der Waals surface area contributed by atoms with Gasteiger partial charge in [-0.2, -0.15) is 13.2 Å². The Bertz CT molecular complexity index is 1030. The van der Waals surface area contributed by atoms with Crippen molar-refractivity contribution >= 4 is 28.9 Å². The number of carbonyl (C=O) groups is 1. The van der Waals surface area contributed by atoms with Crippen LogP contribution in [-0.4, -0.2) is 66.7 Å². The first-order chi connectivity index (χ1) is 16.8. The zero-order chi connectivity index (χ0) is 24.8. The fourth-order valence-electron chi connectivity index (χ4n) is 4.26. The number of rotatable bonds is 8. The van der Waals surface area contributed by atoms with Crippen molar-refractivity contribution in [3.63, 3.8) is 0 Å². The molecular formula is C24H31F3N6O2. The van der Waals surface area contributed by atoms with Gasteiger partial charge in [0.25, 0.3) is 0 Å². The van der Waals surface area contributed by atoms with Crippen LogP contribution < -0.4 is 15.5 Å². The maximum atomic E-state index is 13.6. The molecular weight excluding hydrogens is 461 g/mol. The maximum absolute atomic E-state index is 13.6. The molecule has 4 rings (SSSR count). The molecule has 0 bridgehead atoms. The van der Waals surface area contributed by atoms with E-state index in [1.807, 2.05) is 13.0 Å². The highest BCUT2D eigenvalue weighted by atomic mass is 19.4. The number of piperidine rings is 1. The quantitative estimate of drug-likeness (QED) is 0.535. The Morgan fingerprint density at radius 3 is 2.57 bits per heavy atom. The summed E-state index contributed by atoms with van der Waals surface area (Å²) in [4.78, 5) is 24.3. The van der Waals surface area contributed by atoms with Crippen LogP contribution in [0.4, 0.5) is 36.2 Å². The minimum absolute atomic E-state index is 0.0458. The van der Waals surface area contributed by atoms with Crippen molar-refractivity contribution in [2.45, 2.75) is 38.8 Å². The summed E-state index contributed by atoms with van der Waals surface area (Å²) in [5.41, 5.74) is 0.706. The van der Waals surface area contributed by atoms with Crippen molar-refractivity contribution in [1.29, 1.82) is 0 Å². The summed E-state index contributed by atoms with van der Waals surface area (Å²) in [5.74, 6) is 1.24. The van der Waals surface area contributed by atoms with E-state index in [0.717, 1.165) is 43.5 Å². The van der Waals surface area contributed by atoms with Gasteiger partial charge < -0.3 is 25.2 Å². The van der Waals surface area contributed by atoms with Crippen molar-refractivity contribution in [3.05, 3.63) is 35.7 Å². The molecule has 8 nitrogen and oxygen atoms in total. The van der Waals surface area contributed by atoms with Crippen LogP contribution in [0.3, 0.4) is 0 Å². The van der Waals surface area contributed by atoms with E-state index in [4.69, 9.17) is 4.74 Å². The summed E-state index contributed by atoms with van der Waals surface area (Å²) >= 11 is 0. The molecule has 0 atom stereocenters. The Balaban J connectivity index is 1.42. The number of anilines is 4. The molecule has 2 saturated heterocycles. The zero-order valence-corrected chi connectivity index (χ0v) is 19.8. The number of pyridine rings is 2. The molecule has 0 radical (unpaired) electrons. The van der Waals surface area contributed by atoms with Crippen LogP contribution in [0.1, 0.15) is 36.8 Å². The Hall–Kier alpha value is -3.08. The number of ether oxygens (including phenoxy) is 1. The van der Waals surface area contributed by atoms with Gasteiger partial charge in [-0.05, 0) is 37.8 Å². The maximum Gasteiger partial charge on any atom is 0.419 e. The standard InChI is InChI=1S/C24H31F3N6O2/c1-17-13-22(32-9-11-35-12-10-32)30-16-20(17)31-21-14-19(18(15-29-21)24(25,26)27)28-6-4-8-33-7-3-2-5-23(33)34/h13-16H,2-12H2,1H3,(H2,28,29,31). The van der Waals surface area contributed by atoms with Crippen molar-refractivity contribution < 1.29 is 22.7 Å². The first-order valence-electron chi connectivity index (χ1n) is 12.0. The smallest absolute Gasteiger partial charge is 0.384 e. The average molecular weight is 493 g/mol. The number of likely N-dealkylation sites (tertiary alicyclic amines) is 1. The number of nitrogens with one attached hydrogen (secondary N) is 2. The molecule has 2 aromatic heterocycles. The van der Waals surface area contributed by atoms with E-state index >= 15 is 0 Å². The number of aryl methyl sites for hydroxylation is 1. The number of amides is 1. The highest BCUT2D eigenvalue weighted by molar-refractivity contribution is 5.76. The van der Waals surface area contributed by atoms with Crippen LogP contribution in [0.25, 0.3) is 0 Å². The summed E-state index contributed by atoms with van der Waals surface area (Å²) in [6.07, 6.45) is 0.950. The van der Waals surface area contributed by atoms with Crippen molar-refractivity contribution in [3.8, 4) is 0 Å². The van der Waals surface area contributed by atoms with Gasteiger partial charge in [0.1, 0.15) is 11.6 Å². The van der Waals surface area contributed by atoms with Crippen molar-refractivity contribution in [2.75, 3.05) is 61.5 Å². The third-order valence-electron chi connectivity index (χ3n) is 6.25. The summed E-state index contributed by atoms with van der Waals surface area (Å²) in [6, 6.07) is 3.31. The third-order valence-corrected chi connectivity index (χ3v) is 6.25. The SMILES string of the molecule is Cc1cc(N2CCOCC2)ncc1Nc1cc(NCCCN2CCCCC2=O)c(C(F)(F)F)cn1. The zero-order valence-electron chi connectivity index (χ0n) is 19.8. The van der Waals surface area contributed by atoms with Gasteiger partial charge in [-0.25, -0.2) is 9.97 Å². The van der Waals surface area contributed by atoms with Crippen LogP contribution in [0.15, 0.2) is 24.5 Å². The van der Waals surface area contributed by atoms with Gasteiger partial charge in [0, 0.05) is 51.4 Å². The third kappa shape index (κ3) is 6.53. The van der Waals surface area contributed by atoms with Gasteiger partial charge in [0.15, 0.2) is 0 Å². The Morgan fingerprint density at radius 1 is 1.06 bits per heavy atom. The average Bonchev–Trinajstić information content (AvgIpc) is 2.84. The number of nitrogens with zero attached hydrogens (tertiary/aromatic N) is 4. The molecule has 11 heteroatoms. The monoisotopic (exact) mass is 492 g/mol. The lowest BCUT2D eigenvalue weighted by Crippen LogP contribution is -2.36. The molecule has 35 heavy (non-hydrogen) atoms. The molecule has 2 fully saturated rings. The fraction of sp³-hybridized carbons (Fsp3) is 0.542. The van der Waals surface area contributed by atoms with E-state index in [1.165, 1.54) is 6.07 Å². The number of morpholine rings is 1. The van der Waals surface area contributed by atoms with Crippen molar-refractivity contribution in [2.24, 2.45) is 0 Å². The van der Waals surface area contributed by atoms with Gasteiger partial charge in [0.05, 0.1) is 36.3 Å². The summed E-state index contributed by atoms with van der Waals surface area (Å²) in [5, 5.41) is 5.99. The van der Waals surface area contributed by atoms with E-state index in [0.29, 0.717) is 51.4 Å². The number of halogens is 3. The topological polar surface area (TPSA) is 82.6 Å². The number of hydrogen-bond acceptors (Lipinski definition) is 7. The summed E-state index contributed by atoms with van der Waals surface area (Å²) in [6.45, 7) is 6.31. The van der Waals surface area contributed by atoms with Crippen LogP contribution in [0, 0.1) is 6.92 Å². The molecule has 0 unspecified atom stereocenters. The van der Waals surface area contributed by atoms with Gasteiger partial charge in [-0.3, -0.25) is 4.79 Å². The Kier molecular flexibility index (Phi) is 7.94. The minimum Gasteiger partial charge on any atom is -0.384 e. The summed E-state index contributed by atoms with van der Waals surface area (Å²) < 4.78 is 46.1. The Labute approximate surface area is 202 Å². The van der Waals surface area contributed by atoms with E-state index < -0.39 is 11.7 Å². The Morgan fingerprint density at radius 2 is 1.86 bits per heavy atom. The molecule has 2 aliphatic rings. The van der Waals surface area contributed by atoms with Crippen LogP contribution >= 0.6 is 0 Å². The van der Waals surface area contributed by atoms with Gasteiger partial charge in [-0.15, -0.1) is 0 Å². The molecule has 2 aliphatic heterocycles. The molecule has 2 aromatic rings. The molecule has 4 heterocycles. The van der Waals surface area contributed by atoms with Gasteiger partial charge in [0.2, 0.25) is 5.91 Å². The number of alkyl halides is 3. The predicted octanol–water partition coefficient (Wildman–Crippen LogP) is 4.20. The first kappa shape index (κ1) is 25.0. The fourth-order valence-corrected chi connectivity index (χ4v) is 4.26. The first-order valence-corrected chi connectivity index (χ1v) is 12.0. The van der Waals surface area contributed by atoms with Crippen LogP contribution in [0.2, 0.25) is 0 Å². The van der Waals surface area contributed by atoms with Crippen molar-refractivity contribution in [1.82, 2.24) is 14.9 Å². The molecule has 0 saturated carbocycles. The van der Waals surface area contributed by atoms with E-state index in [2.05, 4.69) is 25.5 Å². The lowest BCUT2D eigenvalue weighted by Gasteiger charge is -2.28. The second kappa shape index (κ2) is 11.1. The van der Waals surface area contributed by atoms with Crippen LogP contribution in [-0.2, 0) is 15.7 Å². The lowest BCUT2D eigenvalue weighted by atomic mass is 10.1. The number of hydrogen-bond donors (Lipinski definition) is 2. The molecule has 0 aromatic carbocycles. The van der Waals surface area contributed by atoms with E-state index in [-0.39, 0.29) is 17.4 Å². The molecule has 0 aliphatic carbocycles. The van der Waals surface area contributed by atoms with Gasteiger partial charge in [-0.1, -0.05) is 0 Å². The van der Waals surface area contributed by atoms with E-state index in [1.54, 1.807) is 11.1 Å².